The van der Waals surface area contributed by atoms with Gasteiger partial charge in [0.25, 0.3) is 0 Å². The molecule has 3 aliphatic rings. The maximum Gasteiger partial charge on any atom is 0.163 e. The molecule has 1 saturated heterocycles. The van der Waals surface area contributed by atoms with Crippen molar-refractivity contribution in [1.29, 1.82) is 0 Å². The van der Waals surface area contributed by atoms with Crippen molar-refractivity contribution in [2.75, 3.05) is 11.5 Å². The van der Waals surface area contributed by atoms with Crippen LogP contribution in [0.25, 0.3) is 22.1 Å². The smallest absolute Gasteiger partial charge is 0.163 e. The molecular weight excluding hydrogens is 466 g/mol. The summed E-state index contributed by atoms with van der Waals surface area (Å²) in [5.41, 5.74) is 15.5. The molecule has 10 heteroatoms. The molecule has 0 spiro atoms. The number of pyridine rings is 2. The lowest BCUT2D eigenvalue weighted by Crippen LogP contribution is -2.32. The van der Waals surface area contributed by atoms with E-state index < -0.39 is 5.79 Å². The van der Waals surface area contributed by atoms with Crippen LogP contribution in [-0.4, -0.2) is 42.5 Å². The second kappa shape index (κ2) is 7.02. The summed E-state index contributed by atoms with van der Waals surface area (Å²) >= 11 is 6.10. The zero-order valence-corrected chi connectivity index (χ0v) is 20.2. The summed E-state index contributed by atoms with van der Waals surface area (Å²) in [5.74, 6) is 0.619. The third-order valence-electron chi connectivity index (χ3n) is 8.07. The first kappa shape index (κ1) is 21.3. The molecule has 0 amide bonds. The predicted molar refractivity (Wildman–Crippen MR) is 133 cm³/mol. The number of aryl methyl sites for hydroxylation is 1. The van der Waals surface area contributed by atoms with Crippen LogP contribution < -0.4 is 11.5 Å². The Kier molecular flexibility index (Phi) is 4.27. The van der Waals surface area contributed by atoms with Crippen LogP contribution in [0.3, 0.4) is 0 Å². The Balaban J connectivity index is 1.21. The van der Waals surface area contributed by atoms with Gasteiger partial charge in [-0.1, -0.05) is 11.6 Å². The number of hydrogen-bond acceptors (Lipinski definition) is 8. The van der Waals surface area contributed by atoms with Crippen molar-refractivity contribution in [2.24, 2.45) is 11.3 Å². The van der Waals surface area contributed by atoms with E-state index in [4.69, 9.17) is 32.5 Å². The topological polar surface area (TPSA) is 127 Å². The minimum Gasteiger partial charge on any atom is -0.383 e. The van der Waals surface area contributed by atoms with E-state index >= 15 is 0 Å². The average Bonchev–Trinajstić information content (AvgIpc) is 3.07. The number of nitrogen functional groups attached to an aromatic ring is 2. The molecule has 5 heterocycles. The largest absolute Gasteiger partial charge is 0.383 e. The Morgan fingerprint density at radius 3 is 2.83 bits per heavy atom. The number of fused-ring (bicyclic) bond motifs is 5. The average molecular weight is 492 g/mol. The molecule has 4 aromatic heterocycles. The van der Waals surface area contributed by atoms with E-state index in [2.05, 4.69) is 36.8 Å². The molecule has 2 saturated carbocycles. The number of ether oxygens (including phenoxy) is 2. The maximum atomic E-state index is 6.53. The van der Waals surface area contributed by atoms with Gasteiger partial charge in [-0.15, -0.1) is 0 Å². The molecule has 4 N–H and O–H groups in total. The molecular formula is C25H26ClN7O2. The summed E-state index contributed by atoms with van der Waals surface area (Å²) in [6.07, 6.45) is 8.39. The highest BCUT2D eigenvalue weighted by Gasteiger charge is 2.75. The highest BCUT2D eigenvalue weighted by Crippen LogP contribution is 2.73. The van der Waals surface area contributed by atoms with Gasteiger partial charge in [-0.05, 0) is 62.8 Å². The maximum absolute atomic E-state index is 6.53. The zero-order chi connectivity index (χ0) is 24.1. The molecule has 9 nitrogen and oxygen atoms in total. The van der Waals surface area contributed by atoms with Gasteiger partial charge in [-0.2, -0.15) is 0 Å². The van der Waals surface area contributed by atoms with Crippen molar-refractivity contribution in [3.63, 3.8) is 0 Å². The van der Waals surface area contributed by atoms with E-state index in [1.54, 1.807) is 6.07 Å². The number of aromatic nitrogens is 5. The van der Waals surface area contributed by atoms with Gasteiger partial charge >= 0.3 is 0 Å². The first-order chi connectivity index (χ1) is 16.8. The van der Waals surface area contributed by atoms with E-state index in [1.165, 1.54) is 6.33 Å². The third kappa shape index (κ3) is 3.08. The van der Waals surface area contributed by atoms with Crippen LogP contribution >= 0.6 is 11.6 Å². The zero-order valence-electron chi connectivity index (χ0n) is 19.5. The summed E-state index contributed by atoms with van der Waals surface area (Å²) in [6.45, 7) is 3.99. The van der Waals surface area contributed by atoms with Gasteiger partial charge in [0.05, 0.1) is 33.6 Å². The molecule has 2 aliphatic carbocycles. The quantitative estimate of drug-likeness (QED) is 0.440. The molecule has 7 rings (SSSR count). The van der Waals surface area contributed by atoms with Gasteiger partial charge in [0, 0.05) is 17.8 Å². The SMILES string of the molecule is CC1(C)O[C@H]2[C@H](n3ccc4c(N)ncnc43)[C@H]3CC3(CCc3cnc4cc(Cl)c(N)nc4c3)[C@H]2O1. The van der Waals surface area contributed by atoms with Crippen molar-refractivity contribution in [1.82, 2.24) is 24.5 Å². The minimum absolute atomic E-state index is 0.0186. The molecule has 0 radical (unpaired) electrons. The van der Waals surface area contributed by atoms with Crippen LogP contribution in [0.15, 0.2) is 36.9 Å². The van der Waals surface area contributed by atoms with Crippen LogP contribution in [0, 0.1) is 11.3 Å². The van der Waals surface area contributed by atoms with E-state index in [9.17, 15) is 0 Å². The summed E-state index contributed by atoms with van der Waals surface area (Å²) in [5, 5.41) is 1.29. The monoisotopic (exact) mass is 491 g/mol. The van der Waals surface area contributed by atoms with Gasteiger partial charge in [0.15, 0.2) is 5.79 Å². The first-order valence-electron chi connectivity index (χ1n) is 11.9. The van der Waals surface area contributed by atoms with Gasteiger partial charge in [0.2, 0.25) is 0 Å². The molecule has 0 aromatic carbocycles. The summed E-state index contributed by atoms with van der Waals surface area (Å²) < 4.78 is 15.2. The molecule has 0 bridgehead atoms. The van der Waals surface area contributed by atoms with E-state index in [0.717, 1.165) is 46.9 Å². The summed E-state index contributed by atoms with van der Waals surface area (Å²) in [7, 11) is 0. The molecule has 180 valence electrons. The Labute approximate surface area is 206 Å². The second-order valence-corrected chi connectivity index (χ2v) is 10.9. The number of nitrogens with zero attached hydrogens (tertiary/aromatic N) is 5. The van der Waals surface area contributed by atoms with E-state index in [1.807, 2.05) is 26.1 Å². The second-order valence-electron chi connectivity index (χ2n) is 10.5. The lowest BCUT2D eigenvalue weighted by atomic mass is 9.91. The number of anilines is 2. The Morgan fingerprint density at radius 1 is 1.11 bits per heavy atom. The van der Waals surface area contributed by atoms with Gasteiger partial charge in [0.1, 0.15) is 29.7 Å². The number of halogens is 1. The van der Waals surface area contributed by atoms with Crippen LogP contribution in [0.4, 0.5) is 11.6 Å². The Bertz CT molecular complexity index is 1500. The molecule has 3 fully saturated rings. The van der Waals surface area contributed by atoms with Crippen molar-refractivity contribution < 1.29 is 9.47 Å². The third-order valence-corrected chi connectivity index (χ3v) is 8.37. The fourth-order valence-corrected chi connectivity index (χ4v) is 6.61. The summed E-state index contributed by atoms with van der Waals surface area (Å²) in [4.78, 5) is 17.7. The minimum atomic E-state index is -0.629. The highest BCUT2D eigenvalue weighted by atomic mass is 35.5. The lowest BCUT2D eigenvalue weighted by molar-refractivity contribution is -0.161. The summed E-state index contributed by atoms with van der Waals surface area (Å²) in [6, 6.07) is 5.94. The van der Waals surface area contributed by atoms with Crippen LogP contribution in [0.2, 0.25) is 5.02 Å². The fraction of sp³-hybridized carbons (Fsp3) is 0.440. The van der Waals surface area contributed by atoms with Gasteiger partial charge in [-0.25, -0.2) is 15.0 Å². The van der Waals surface area contributed by atoms with Crippen LogP contribution in [0.1, 0.15) is 38.3 Å². The number of nitrogens with two attached hydrogens (primary N) is 2. The lowest BCUT2D eigenvalue weighted by Gasteiger charge is -2.24. The van der Waals surface area contributed by atoms with Crippen molar-refractivity contribution >= 4 is 45.3 Å². The Hall–Kier alpha value is -3.01. The predicted octanol–water partition coefficient (Wildman–Crippen LogP) is 3.91. The van der Waals surface area contributed by atoms with Crippen LogP contribution in [0.5, 0.6) is 0 Å². The molecule has 5 atom stereocenters. The van der Waals surface area contributed by atoms with Crippen molar-refractivity contribution in [2.45, 2.75) is 57.1 Å². The van der Waals surface area contributed by atoms with Crippen molar-refractivity contribution in [3.8, 4) is 0 Å². The normalized spacial score (nSPS) is 30.6. The molecule has 35 heavy (non-hydrogen) atoms. The Morgan fingerprint density at radius 2 is 1.97 bits per heavy atom. The molecule has 4 aromatic rings. The standard InChI is InChI=1S/C25H26ClN7O2/c1-24(2)34-19-18(33-6-4-13-21(27)30-11-31-23(13)33)14-9-25(14,20(19)35-24)5-3-12-7-17-16(29-10-12)8-15(26)22(28)32-17/h4,6-8,10-11,14,18-20H,3,5,9H2,1-2H3,(H2,28,32)(H2,27,30,31)/t14-,18-,19+,20+,25?/m1/s1. The van der Waals surface area contributed by atoms with Crippen LogP contribution in [-0.2, 0) is 15.9 Å². The van der Waals surface area contributed by atoms with E-state index in [-0.39, 0.29) is 23.7 Å². The highest BCUT2D eigenvalue weighted by molar-refractivity contribution is 6.33. The van der Waals surface area contributed by atoms with Crippen molar-refractivity contribution in [3.05, 3.63) is 47.5 Å². The number of hydrogen-bond donors (Lipinski definition) is 2. The van der Waals surface area contributed by atoms with E-state index in [0.29, 0.717) is 22.6 Å². The molecule has 1 unspecified atom stereocenters. The van der Waals surface area contributed by atoms with Gasteiger partial charge < -0.3 is 25.5 Å². The first-order valence-corrected chi connectivity index (χ1v) is 12.3. The number of rotatable bonds is 4. The molecule has 1 aliphatic heterocycles. The fourth-order valence-electron chi connectivity index (χ4n) is 6.46. The van der Waals surface area contributed by atoms with Gasteiger partial charge in [-0.3, -0.25) is 4.98 Å².